The summed E-state index contributed by atoms with van der Waals surface area (Å²) in [4.78, 5) is 0. The fraction of sp³-hybridized carbons (Fsp3) is 0.172. The molecule has 0 aromatic heterocycles. The van der Waals surface area contributed by atoms with Crippen molar-refractivity contribution in [3.8, 4) is 34.5 Å². The molecule has 4 aromatic carbocycles. The van der Waals surface area contributed by atoms with E-state index < -0.39 is 13.9 Å². The summed E-state index contributed by atoms with van der Waals surface area (Å²) in [6, 6.07) is 28.6. The molecule has 3 aliphatic rings. The van der Waals surface area contributed by atoms with Gasteiger partial charge in [0.15, 0.2) is 0 Å². The second kappa shape index (κ2) is 7.74. The standard InChI is InChI=1S/C29H24NO4P/c1-3-30(4-2)35-33-25-17-9-15-23-27(25)29(19-11-5-7-13-21(19)31-23)20-12-6-8-14-22(20)32-24-16-10-18-26(34-35)28(24)29/h5-18H,3-4H2,1-2H3. The number of benzene rings is 4. The van der Waals surface area contributed by atoms with Gasteiger partial charge < -0.3 is 18.5 Å². The topological polar surface area (TPSA) is 40.2 Å². The van der Waals surface area contributed by atoms with Gasteiger partial charge in [0.05, 0.1) is 16.5 Å². The second-order valence-corrected chi connectivity index (χ2v) is 10.2. The highest BCUT2D eigenvalue weighted by Crippen LogP contribution is 2.67. The van der Waals surface area contributed by atoms with Gasteiger partial charge in [-0.3, -0.25) is 0 Å². The van der Waals surface area contributed by atoms with Crippen molar-refractivity contribution in [2.45, 2.75) is 19.3 Å². The van der Waals surface area contributed by atoms with E-state index in [1.807, 2.05) is 60.7 Å². The largest absolute Gasteiger partial charge is 0.457 e. The van der Waals surface area contributed by atoms with Crippen LogP contribution in [0.15, 0.2) is 84.9 Å². The highest BCUT2D eigenvalue weighted by molar-refractivity contribution is 7.45. The predicted octanol–water partition coefficient (Wildman–Crippen LogP) is 7.62. The van der Waals surface area contributed by atoms with Gasteiger partial charge in [0.25, 0.3) is 0 Å². The summed E-state index contributed by atoms with van der Waals surface area (Å²) in [7, 11) is -1.39. The Morgan fingerprint density at radius 1 is 0.571 bits per heavy atom. The first-order valence-electron chi connectivity index (χ1n) is 12.0. The smallest absolute Gasteiger partial charge is 0.384 e. The fourth-order valence-electron chi connectivity index (χ4n) is 5.62. The van der Waals surface area contributed by atoms with Gasteiger partial charge in [0, 0.05) is 24.2 Å². The SMILES string of the molecule is CCN(CC)P1Oc2cccc3c2C2(c4ccccc4O3)c3ccccc3Oc3cccc(c32)O1. The lowest BCUT2D eigenvalue weighted by molar-refractivity contribution is 0.341. The third kappa shape index (κ3) is 2.77. The van der Waals surface area contributed by atoms with Crippen LogP contribution >= 0.6 is 8.53 Å². The number of hydrogen-bond acceptors (Lipinski definition) is 5. The Morgan fingerprint density at radius 3 is 1.49 bits per heavy atom. The molecule has 174 valence electrons. The summed E-state index contributed by atoms with van der Waals surface area (Å²) in [5, 5.41) is 0. The monoisotopic (exact) mass is 481 g/mol. The molecule has 35 heavy (non-hydrogen) atoms. The van der Waals surface area contributed by atoms with E-state index in [2.05, 4.69) is 42.8 Å². The van der Waals surface area contributed by atoms with Crippen LogP contribution in [0, 0.1) is 0 Å². The molecule has 4 aromatic rings. The molecule has 0 atom stereocenters. The highest BCUT2D eigenvalue weighted by atomic mass is 31.2. The van der Waals surface area contributed by atoms with Gasteiger partial charge >= 0.3 is 8.53 Å². The number of rotatable bonds is 3. The summed E-state index contributed by atoms with van der Waals surface area (Å²) >= 11 is 0. The molecule has 3 aliphatic heterocycles. The highest BCUT2D eigenvalue weighted by Gasteiger charge is 2.55. The van der Waals surface area contributed by atoms with Gasteiger partial charge in [-0.05, 0) is 36.4 Å². The average molecular weight is 481 g/mol. The van der Waals surface area contributed by atoms with E-state index in [1.54, 1.807) is 0 Å². The summed E-state index contributed by atoms with van der Waals surface area (Å²) in [5.74, 6) is 4.76. The van der Waals surface area contributed by atoms with Gasteiger partial charge in [0.1, 0.15) is 34.5 Å². The van der Waals surface area contributed by atoms with Gasteiger partial charge in [-0.15, -0.1) is 0 Å². The molecule has 0 bridgehead atoms. The minimum absolute atomic E-state index is 0.716. The van der Waals surface area contributed by atoms with Crippen LogP contribution in [0.1, 0.15) is 36.1 Å². The van der Waals surface area contributed by atoms with Crippen molar-refractivity contribution in [2.24, 2.45) is 0 Å². The van der Waals surface area contributed by atoms with Crippen LogP contribution in [-0.4, -0.2) is 17.8 Å². The van der Waals surface area contributed by atoms with Gasteiger partial charge in [0.2, 0.25) is 0 Å². The molecular weight excluding hydrogens is 457 g/mol. The molecule has 0 N–H and O–H groups in total. The lowest BCUT2D eigenvalue weighted by Gasteiger charge is -2.47. The lowest BCUT2D eigenvalue weighted by atomic mass is 9.62. The summed E-state index contributed by atoms with van der Waals surface area (Å²) in [5.41, 5.74) is 3.36. The molecule has 0 aliphatic carbocycles. The van der Waals surface area contributed by atoms with Gasteiger partial charge in [-0.2, -0.15) is 0 Å². The van der Waals surface area contributed by atoms with Crippen molar-refractivity contribution in [2.75, 3.05) is 13.1 Å². The van der Waals surface area contributed by atoms with Crippen LogP contribution in [0.3, 0.4) is 0 Å². The maximum atomic E-state index is 6.75. The third-order valence-electron chi connectivity index (χ3n) is 7.06. The van der Waals surface area contributed by atoms with Gasteiger partial charge in [-0.25, -0.2) is 4.67 Å². The van der Waals surface area contributed by atoms with Crippen LogP contribution in [0.5, 0.6) is 34.5 Å². The van der Waals surface area contributed by atoms with Crippen molar-refractivity contribution < 1.29 is 18.5 Å². The van der Waals surface area contributed by atoms with E-state index in [0.717, 1.165) is 69.8 Å². The number of para-hydroxylation sites is 2. The number of fused-ring (bicyclic) bond motifs is 2. The Bertz CT molecular complexity index is 1360. The van der Waals surface area contributed by atoms with Gasteiger partial charge in [-0.1, -0.05) is 62.4 Å². The summed E-state index contributed by atoms with van der Waals surface area (Å²) in [6.45, 7) is 5.88. The van der Waals surface area contributed by atoms with E-state index in [9.17, 15) is 0 Å². The second-order valence-electron chi connectivity index (χ2n) is 8.76. The minimum Gasteiger partial charge on any atom is -0.457 e. The Hall–Kier alpha value is -3.53. The van der Waals surface area contributed by atoms with Crippen LogP contribution in [0.2, 0.25) is 0 Å². The Balaban J connectivity index is 1.66. The molecule has 0 unspecified atom stereocenters. The zero-order valence-electron chi connectivity index (χ0n) is 19.5. The van der Waals surface area contributed by atoms with E-state index in [0.29, 0.717) is 0 Å². The summed E-state index contributed by atoms with van der Waals surface area (Å²) < 4.78 is 28.8. The number of hydrogen-bond donors (Lipinski definition) is 0. The quantitative estimate of drug-likeness (QED) is 0.243. The van der Waals surface area contributed by atoms with E-state index in [-0.39, 0.29) is 0 Å². The number of nitrogens with zero attached hydrogens (tertiary/aromatic N) is 1. The van der Waals surface area contributed by atoms with Crippen LogP contribution in [0.25, 0.3) is 0 Å². The Labute approximate surface area is 205 Å². The van der Waals surface area contributed by atoms with Crippen molar-refractivity contribution in [3.63, 3.8) is 0 Å². The van der Waals surface area contributed by atoms with E-state index in [1.165, 1.54) is 0 Å². The molecule has 1 spiro atoms. The average Bonchev–Trinajstić information content (AvgIpc) is 2.88. The first-order valence-corrected chi connectivity index (χ1v) is 13.1. The van der Waals surface area contributed by atoms with Crippen molar-refractivity contribution >= 4 is 8.53 Å². The fourth-order valence-corrected chi connectivity index (χ4v) is 6.99. The van der Waals surface area contributed by atoms with Crippen molar-refractivity contribution in [3.05, 3.63) is 107 Å². The minimum atomic E-state index is -1.39. The molecular formula is C29H24NO4P. The zero-order chi connectivity index (χ0) is 23.6. The molecule has 0 saturated heterocycles. The molecule has 0 fully saturated rings. The van der Waals surface area contributed by atoms with Crippen molar-refractivity contribution in [1.82, 2.24) is 4.67 Å². The van der Waals surface area contributed by atoms with Crippen molar-refractivity contribution in [1.29, 1.82) is 0 Å². The first kappa shape index (κ1) is 20.8. The molecule has 0 radical (unpaired) electrons. The molecule has 7 rings (SSSR count). The number of ether oxygens (including phenoxy) is 2. The molecule has 3 heterocycles. The maximum Gasteiger partial charge on any atom is 0.384 e. The summed E-state index contributed by atoms with van der Waals surface area (Å²) in [6.07, 6.45) is 0. The zero-order valence-corrected chi connectivity index (χ0v) is 20.4. The third-order valence-corrected chi connectivity index (χ3v) is 8.80. The Morgan fingerprint density at radius 2 is 1.00 bits per heavy atom. The van der Waals surface area contributed by atoms with Crippen LogP contribution < -0.4 is 18.5 Å². The Kier molecular flexibility index (Phi) is 4.60. The normalized spacial score (nSPS) is 16.1. The maximum absolute atomic E-state index is 6.75. The lowest BCUT2D eigenvalue weighted by Crippen LogP contribution is -2.38. The molecule has 0 amide bonds. The van der Waals surface area contributed by atoms with Crippen LogP contribution in [-0.2, 0) is 5.41 Å². The van der Waals surface area contributed by atoms with E-state index >= 15 is 0 Å². The van der Waals surface area contributed by atoms with Crippen LogP contribution in [0.4, 0.5) is 0 Å². The predicted molar refractivity (Wildman–Crippen MR) is 136 cm³/mol. The first-order chi connectivity index (χ1) is 17.3. The molecule has 0 saturated carbocycles. The molecule has 6 heteroatoms. The molecule has 5 nitrogen and oxygen atoms in total. The van der Waals surface area contributed by atoms with E-state index in [4.69, 9.17) is 18.5 Å².